The van der Waals surface area contributed by atoms with Crippen LogP contribution >= 0.6 is 22.9 Å². The van der Waals surface area contributed by atoms with Gasteiger partial charge in [-0.2, -0.15) is 0 Å². The summed E-state index contributed by atoms with van der Waals surface area (Å²) < 4.78 is 20.1. The number of hydrogen-bond donors (Lipinski definition) is 0. The van der Waals surface area contributed by atoms with Crippen LogP contribution in [0.5, 0.6) is 0 Å². The topological polar surface area (TPSA) is 45.7 Å². The molecule has 0 radical (unpaired) electrons. The Morgan fingerprint density at radius 3 is 2.87 bits per heavy atom. The van der Waals surface area contributed by atoms with E-state index in [4.69, 9.17) is 21.3 Å². The number of aromatic nitrogens is 1. The van der Waals surface area contributed by atoms with E-state index in [1.807, 2.05) is 19.1 Å². The number of carbonyl (C=O) groups excluding carboxylic acids is 1. The van der Waals surface area contributed by atoms with Gasteiger partial charge in [-0.05, 0) is 49.2 Å². The second-order valence-electron chi connectivity index (χ2n) is 7.34. The van der Waals surface area contributed by atoms with Crippen LogP contribution in [0.4, 0.5) is 9.52 Å². The Morgan fingerprint density at radius 1 is 1.30 bits per heavy atom. The molecule has 0 atom stereocenters. The van der Waals surface area contributed by atoms with Crippen molar-refractivity contribution in [3.63, 3.8) is 0 Å². The van der Waals surface area contributed by atoms with Crippen LogP contribution < -0.4 is 4.90 Å². The van der Waals surface area contributed by atoms with Crippen molar-refractivity contribution in [2.75, 3.05) is 44.3 Å². The van der Waals surface area contributed by atoms with Crippen LogP contribution in [0.25, 0.3) is 10.2 Å². The zero-order chi connectivity index (χ0) is 21.1. The van der Waals surface area contributed by atoms with Gasteiger partial charge in [0, 0.05) is 36.8 Å². The van der Waals surface area contributed by atoms with Gasteiger partial charge in [-0.25, -0.2) is 9.37 Å². The van der Waals surface area contributed by atoms with Gasteiger partial charge in [-0.1, -0.05) is 29.0 Å². The second-order valence-corrected chi connectivity index (χ2v) is 8.79. The molecule has 2 aromatic carbocycles. The van der Waals surface area contributed by atoms with Crippen LogP contribution in [0.3, 0.4) is 0 Å². The lowest BCUT2D eigenvalue weighted by Gasteiger charge is -2.27. The molecule has 1 amide bonds. The number of anilines is 1. The van der Waals surface area contributed by atoms with E-state index in [1.165, 1.54) is 23.5 Å². The van der Waals surface area contributed by atoms with Gasteiger partial charge in [0.2, 0.25) is 0 Å². The molecule has 1 saturated heterocycles. The molecule has 5 nitrogen and oxygen atoms in total. The third kappa shape index (κ3) is 4.81. The summed E-state index contributed by atoms with van der Waals surface area (Å²) in [4.78, 5) is 22.0. The Balaban J connectivity index is 1.60. The molecule has 1 fully saturated rings. The van der Waals surface area contributed by atoms with E-state index in [1.54, 1.807) is 17.0 Å². The maximum atomic E-state index is 13.7. The van der Waals surface area contributed by atoms with Crippen molar-refractivity contribution in [1.82, 2.24) is 9.88 Å². The van der Waals surface area contributed by atoms with Crippen molar-refractivity contribution >= 4 is 44.2 Å². The van der Waals surface area contributed by atoms with Gasteiger partial charge in [0.25, 0.3) is 5.91 Å². The number of amides is 1. The van der Waals surface area contributed by atoms with Gasteiger partial charge >= 0.3 is 0 Å². The molecule has 0 spiro atoms. The summed E-state index contributed by atoms with van der Waals surface area (Å²) in [6, 6.07) is 9.52. The first-order chi connectivity index (χ1) is 14.5. The van der Waals surface area contributed by atoms with E-state index in [0.717, 1.165) is 55.0 Å². The van der Waals surface area contributed by atoms with Crippen LogP contribution in [-0.4, -0.2) is 55.2 Å². The third-order valence-electron chi connectivity index (χ3n) is 5.15. The lowest BCUT2D eigenvalue weighted by Crippen LogP contribution is -2.39. The summed E-state index contributed by atoms with van der Waals surface area (Å²) in [5, 5.41) is 1.25. The van der Waals surface area contributed by atoms with Gasteiger partial charge in [-0.3, -0.25) is 14.6 Å². The normalized spacial score (nSPS) is 14.9. The highest BCUT2D eigenvalue weighted by Gasteiger charge is 2.23. The number of ether oxygens (including phenoxy) is 1. The second kappa shape index (κ2) is 9.39. The average Bonchev–Trinajstić information content (AvgIpc) is 3.15. The standard InChI is InChI=1S/C22H23ClFN3O2S/c1-15-12-17(23)14-19-20(15)25-22(30-19)27(7-3-6-26-8-10-29-11-9-26)21(28)16-4-2-5-18(24)13-16/h2,4-5,12-14H,3,6-11H2,1H3. The Morgan fingerprint density at radius 2 is 2.10 bits per heavy atom. The molecule has 0 bridgehead atoms. The summed E-state index contributed by atoms with van der Waals surface area (Å²) in [5.41, 5.74) is 2.12. The van der Waals surface area contributed by atoms with Crippen LogP contribution in [0.1, 0.15) is 22.3 Å². The van der Waals surface area contributed by atoms with E-state index in [9.17, 15) is 9.18 Å². The number of morpholine rings is 1. The number of benzene rings is 2. The average molecular weight is 448 g/mol. The summed E-state index contributed by atoms with van der Waals surface area (Å²) >= 11 is 7.63. The summed E-state index contributed by atoms with van der Waals surface area (Å²) in [6.07, 6.45) is 0.788. The number of thiazole rings is 1. The highest BCUT2D eigenvalue weighted by Crippen LogP contribution is 2.33. The lowest BCUT2D eigenvalue weighted by atomic mass is 10.2. The SMILES string of the molecule is Cc1cc(Cl)cc2sc(N(CCCN3CCOCC3)C(=O)c3cccc(F)c3)nc12. The van der Waals surface area contributed by atoms with Crippen LogP contribution in [0, 0.1) is 12.7 Å². The molecule has 1 aliphatic rings. The first-order valence-electron chi connectivity index (χ1n) is 9.95. The first kappa shape index (κ1) is 21.2. The lowest BCUT2D eigenvalue weighted by molar-refractivity contribution is 0.0376. The highest BCUT2D eigenvalue weighted by atomic mass is 35.5. The molecule has 158 valence electrons. The van der Waals surface area contributed by atoms with E-state index in [-0.39, 0.29) is 5.91 Å². The van der Waals surface area contributed by atoms with Crippen LogP contribution in [0.15, 0.2) is 36.4 Å². The maximum absolute atomic E-state index is 13.7. The fourth-order valence-electron chi connectivity index (χ4n) is 3.60. The molecule has 1 aromatic heterocycles. The summed E-state index contributed by atoms with van der Waals surface area (Å²) in [6.45, 7) is 6.60. The van der Waals surface area contributed by atoms with Gasteiger partial charge in [0.05, 0.1) is 23.4 Å². The molecular formula is C22H23ClFN3O2S. The van der Waals surface area contributed by atoms with E-state index in [2.05, 4.69) is 4.90 Å². The maximum Gasteiger partial charge on any atom is 0.260 e. The number of carbonyl (C=O) groups is 1. The molecule has 1 aliphatic heterocycles. The molecule has 0 aliphatic carbocycles. The highest BCUT2D eigenvalue weighted by molar-refractivity contribution is 7.22. The predicted octanol–water partition coefficient (Wildman–Crippen LogP) is 4.77. The van der Waals surface area contributed by atoms with Gasteiger partial charge in [0.1, 0.15) is 5.82 Å². The van der Waals surface area contributed by atoms with Crippen molar-refractivity contribution < 1.29 is 13.9 Å². The fourth-order valence-corrected chi connectivity index (χ4v) is 5.04. The fraction of sp³-hybridized carbons (Fsp3) is 0.364. The predicted molar refractivity (Wildman–Crippen MR) is 119 cm³/mol. The Hall–Kier alpha value is -2.06. The summed E-state index contributed by atoms with van der Waals surface area (Å²) in [7, 11) is 0. The number of hydrogen-bond acceptors (Lipinski definition) is 5. The summed E-state index contributed by atoms with van der Waals surface area (Å²) in [5.74, 6) is -0.680. The Bertz CT molecular complexity index is 1050. The van der Waals surface area contributed by atoms with Crippen molar-refractivity contribution in [1.29, 1.82) is 0 Å². The molecule has 8 heteroatoms. The van der Waals surface area contributed by atoms with Crippen molar-refractivity contribution in [3.05, 3.63) is 58.4 Å². The quantitative estimate of drug-likeness (QED) is 0.546. The number of aryl methyl sites for hydroxylation is 1. The molecule has 0 saturated carbocycles. The molecule has 3 aromatic rings. The number of halogens is 2. The van der Waals surface area contributed by atoms with E-state index in [0.29, 0.717) is 22.3 Å². The minimum Gasteiger partial charge on any atom is -0.379 e. The van der Waals surface area contributed by atoms with Crippen molar-refractivity contribution in [3.8, 4) is 0 Å². The minimum atomic E-state index is -0.430. The Kier molecular flexibility index (Phi) is 6.63. The Labute approximate surface area is 184 Å². The molecule has 0 N–H and O–H groups in total. The third-order valence-corrected chi connectivity index (χ3v) is 6.39. The smallest absolute Gasteiger partial charge is 0.260 e. The zero-order valence-corrected chi connectivity index (χ0v) is 18.3. The van der Waals surface area contributed by atoms with E-state index < -0.39 is 5.82 Å². The number of fused-ring (bicyclic) bond motifs is 1. The van der Waals surface area contributed by atoms with Crippen LogP contribution in [-0.2, 0) is 4.74 Å². The molecule has 4 rings (SSSR count). The van der Waals surface area contributed by atoms with Gasteiger partial charge in [0.15, 0.2) is 5.13 Å². The van der Waals surface area contributed by atoms with Crippen molar-refractivity contribution in [2.45, 2.75) is 13.3 Å². The van der Waals surface area contributed by atoms with E-state index >= 15 is 0 Å². The largest absolute Gasteiger partial charge is 0.379 e. The minimum absolute atomic E-state index is 0.251. The van der Waals surface area contributed by atoms with Crippen molar-refractivity contribution in [2.24, 2.45) is 0 Å². The number of nitrogens with zero attached hydrogens (tertiary/aromatic N) is 3. The molecule has 0 unspecified atom stereocenters. The van der Waals surface area contributed by atoms with Crippen LogP contribution in [0.2, 0.25) is 5.02 Å². The molecule has 30 heavy (non-hydrogen) atoms. The van der Waals surface area contributed by atoms with Gasteiger partial charge in [-0.15, -0.1) is 0 Å². The monoisotopic (exact) mass is 447 g/mol. The number of rotatable bonds is 6. The van der Waals surface area contributed by atoms with Gasteiger partial charge < -0.3 is 4.74 Å². The molecular weight excluding hydrogens is 425 g/mol. The molecule has 2 heterocycles. The first-order valence-corrected chi connectivity index (χ1v) is 11.1. The zero-order valence-electron chi connectivity index (χ0n) is 16.7.